The predicted molar refractivity (Wildman–Crippen MR) is 93.5 cm³/mol. The van der Waals surface area contributed by atoms with Gasteiger partial charge in [-0.1, -0.05) is 28.9 Å². The summed E-state index contributed by atoms with van der Waals surface area (Å²) in [5.74, 6) is 1.55. The van der Waals surface area contributed by atoms with E-state index >= 15 is 0 Å². The number of nitrogens with zero attached hydrogens (tertiary/aromatic N) is 2. The molecule has 0 spiro atoms. The lowest BCUT2D eigenvalue weighted by Gasteiger charge is -2.05. The molecule has 0 unspecified atom stereocenters. The number of rotatable bonds is 4. The van der Waals surface area contributed by atoms with E-state index < -0.39 is 0 Å². The molecule has 1 aromatic heterocycles. The largest absolute Gasteiger partial charge is 0.454 e. The standard InChI is InChI=1S/C19H17N3O4/c1-11-3-5-14(12(2)7-11)18(23)20-19-22-21-17(26-19)9-13-4-6-15-16(8-13)25-10-24-15/h3-8H,9-10H2,1-2H3,(H,20,22,23). The Labute approximate surface area is 150 Å². The zero-order valence-electron chi connectivity index (χ0n) is 14.4. The Bertz CT molecular complexity index is 981. The zero-order chi connectivity index (χ0) is 18.1. The Morgan fingerprint density at radius 3 is 2.77 bits per heavy atom. The monoisotopic (exact) mass is 351 g/mol. The number of amides is 1. The SMILES string of the molecule is Cc1ccc(C(=O)Nc2nnc(Cc3ccc4c(c3)OCO4)o2)c(C)c1. The van der Waals surface area contributed by atoms with Gasteiger partial charge in [-0.2, -0.15) is 0 Å². The fraction of sp³-hybridized carbons (Fsp3) is 0.211. The molecule has 0 bridgehead atoms. The molecule has 2 heterocycles. The van der Waals surface area contributed by atoms with Crippen molar-refractivity contribution in [2.45, 2.75) is 20.3 Å². The maximum Gasteiger partial charge on any atom is 0.322 e. The van der Waals surface area contributed by atoms with Crippen molar-refractivity contribution in [1.29, 1.82) is 0 Å². The summed E-state index contributed by atoms with van der Waals surface area (Å²) in [6.07, 6.45) is 0.434. The van der Waals surface area contributed by atoms with E-state index in [0.29, 0.717) is 23.6 Å². The molecule has 0 saturated heterocycles. The fourth-order valence-electron chi connectivity index (χ4n) is 2.83. The maximum atomic E-state index is 12.4. The molecule has 1 aliphatic rings. The number of benzene rings is 2. The average Bonchev–Trinajstić information content (AvgIpc) is 3.23. The first-order valence-corrected chi connectivity index (χ1v) is 8.18. The number of anilines is 1. The van der Waals surface area contributed by atoms with Crippen LogP contribution in [-0.4, -0.2) is 22.9 Å². The number of hydrogen-bond acceptors (Lipinski definition) is 6. The number of carbonyl (C=O) groups is 1. The van der Waals surface area contributed by atoms with E-state index in [1.807, 2.05) is 44.2 Å². The summed E-state index contributed by atoms with van der Waals surface area (Å²) in [6, 6.07) is 11.3. The van der Waals surface area contributed by atoms with Gasteiger partial charge in [-0.05, 0) is 43.2 Å². The summed E-state index contributed by atoms with van der Waals surface area (Å²) < 4.78 is 16.2. The topological polar surface area (TPSA) is 86.5 Å². The molecule has 1 N–H and O–H groups in total. The average molecular weight is 351 g/mol. The number of ether oxygens (including phenoxy) is 2. The third-order valence-electron chi connectivity index (χ3n) is 4.11. The van der Waals surface area contributed by atoms with E-state index in [9.17, 15) is 4.79 Å². The van der Waals surface area contributed by atoms with Crippen molar-refractivity contribution in [2.24, 2.45) is 0 Å². The van der Waals surface area contributed by atoms with Crippen LogP contribution in [0.2, 0.25) is 0 Å². The van der Waals surface area contributed by atoms with Crippen LogP contribution in [0.15, 0.2) is 40.8 Å². The van der Waals surface area contributed by atoms with Gasteiger partial charge in [-0.3, -0.25) is 10.1 Å². The minimum Gasteiger partial charge on any atom is -0.454 e. The second-order valence-electron chi connectivity index (χ2n) is 6.14. The molecule has 0 radical (unpaired) electrons. The number of hydrogen-bond donors (Lipinski definition) is 1. The molecule has 0 saturated carbocycles. The lowest BCUT2D eigenvalue weighted by molar-refractivity contribution is 0.102. The van der Waals surface area contributed by atoms with Crippen molar-refractivity contribution in [3.8, 4) is 11.5 Å². The number of aryl methyl sites for hydroxylation is 2. The molecule has 4 rings (SSSR count). The van der Waals surface area contributed by atoms with Crippen LogP contribution in [0.5, 0.6) is 11.5 Å². The number of fused-ring (bicyclic) bond motifs is 1. The Hall–Kier alpha value is -3.35. The van der Waals surface area contributed by atoms with Gasteiger partial charge < -0.3 is 13.9 Å². The van der Waals surface area contributed by atoms with E-state index in [2.05, 4.69) is 15.5 Å². The molecule has 26 heavy (non-hydrogen) atoms. The van der Waals surface area contributed by atoms with Crippen LogP contribution in [0.1, 0.15) is 32.9 Å². The second kappa shape index (κ2) is 6.51. The molecule has 3 aromatic rings. The van der Waals surface area contributed by atoms with Crippen molar-refractivity contribution in [1.82, 2.24) is 10.2 Å². The molecule has 0 fully saturated rings. The summed E-state index contributed by atoms with van der Waals surface area (Å²) in [4.78, 5) is 12.4. The van der Waals surface area contributed by atoms with Crippen molar-refractivity contribution in [3.63, 3.8) is 0 Å². The van der Waals surface area contributed by atoms with E-state index in [1.165, 1.54) is 0 Å². The van der Waals surface area contributed by atoms with Crippen LogP contribution >= 0.6 is 0 Å². The van der Waals surface area contributed by atoms with Gasteiger partial charge in [-0.15, -0.1) is 5.10 Å². The quantitative estimate of drug-likeness (QED) is 0.776. The van der Waals surface area contributed by atoms with Crippen molar-refractivity contribution < 1.29 is 18.7 Å². The Balaban J connectivity index is 1.45. The fourth-order valence-corrected chi connectivity index (χ4v) is 2.83. The lowest BCUT2D eigenvalue weighted by Crippen LogP contribution is -2.13. The van der Waals surface area contributed by atoms with E-state index in [0.717, 1.165) is 22.4 Å². The molecule has 0 aliphatic carbocycles. The van der Waals surface area contributed by atoms with Crippen molar-refractivity contribution >= 4 is 11.9 Å². The van der Waals surface area contributed by atoms with Crippen LogP contribution in [-0.2, 0) is 6.42 Å². The summed E-state index contributed by atoms with van der Waals surface area (Å²) >= 11 is 0. The molecule has 132 valence electrons. The first-order valence-electron chi connectivity index (χ1n) is 8.18. The Kier molecular flexibility index (Phi) is 4.04. The normalized spacial score (nSPS) is 12.2. The second-order valence-corrected chi connectivity index (χ2v) is 6.14. The number of nitrogens with one attached hydrogen (secondary N) is 1. The van der Waals surface area contributed by atoms with E-state index in [4.69, 9.17) is 13.9 Å². The molecule has 0 atom stereocenters. The van der Waals surface area contributed by atoms with Gasteiger partial charge in [0.25, 0.3) is 5.91 Å². The summed E-state index contributed by atoms with van der Waals surface area (Å²) in [5.41, 5.74) is 3.52. The molecule has 7 nitrogen and oxygen atoms in total. The van der Waals surface area contributed by atoms with Crippen LogP contribution in [0, 0.1) is 13.8 Å². The summed E-state index contributed by atoms with van der Waals surface area (Å²) in [7, 11) is 0. The molecule has 7 heteroatoms. The van der Waals surface area contributed by atoms with Gasteiger partial charge in [0.05, 0.1) is 6.42 Å². The zero-order valence-corrected chi connectivity index (χ0v) is 14.4. The summed E-state index contributed by atoms with van der Waals surface area (Å²) in [6.45, 7) is 4.10. The highest BCUT2D eigenvalue weighted by Crippen LogP contribution is 2.33. The highest BCUT2D eigenvalue weighted by molar-refractivity contribution is 6.04. The third kappa shape index (κ3) is 3.23. The van der Waals surface area contributed by atoms with Gasteiger partial charge in [0, 0.05) is 5.56 Å². The van der Waals surface area contributed by atoms with E-state index in [-0.39, 0.29) is 18.7 Å². The number of carbonyl (C=O) groups excluding carboxylic acids is 1. The van der Waals surface area contributed by atoms with Gasteiger partial charge in [0.1, 0.15) is 0 Å². The first-order chi connectivity index (χ1) is 12.6. The van der Waals surface area contributed by atoms with E-state index in [1.54, 1.807) is 6.07 Å². The van der Waals surface area contributed by atoms with Gasteiger partial charge in [-0.25, -0.2) is 0 Å². The van der Waals surface area contributed by atoms with Crippen LogP contribution in [0.4, 0.5) is 6.01 Å². The molecular weight excluding hydrogens is 334 g/mol. The molecule has 1 aliphatic heterocycles. The van der Waals surface area contributed by atoms with Crippen LogP contribution < -0.4 is 14.8 Å². The Morgan fingerprint density at radius 2 is 1.92 bits per heavy atom. The number of aromatic nitrogens is 2. The van der Waals surface area contributed by atoms with Crippen LogP contribution in [0.3, 0.4) is 0 Å². The smallest absolute Gasteiger partial charge is 0.322 e. The Morgan fingerprint density at radius 1 is 1.08 bits per heavy atom. The first kappa shape index (κ1) is 16.1. The molecule has 1 amide bonds. The van der Waals surface area contributed by atoms with Crippen LogP contribution in [0.25, 0.3) is 0 Å². The maximum absolute atomic E-state index is 12.4. The van der Waals surface area contributed by atoms with Gasteiger partial charge in [0.15, 0.2) is 11.5 Å². The van der Waals surface area contributed by atoms with Gasteiger partial charge in [0.2, 0.25) is 12.7 Å². The van der Waals surface area contributed by atoms with Crippen molar-refractivity contribution in [3.05, 3.63) is 64.5 Å². The van der Waals surface area contributed by atoms with Crippen molar-refractivity contribution in [2.75, 3.05) is 12.1 Å². The minimum absolute atomic E-state index is 0.0747. The molecular formula is C19H17N3O4. The predicted octanol–water partition coefficient (Wildman–Crippen LogP) is 3.26. The highest BCUT2D eigenvalue weighted by atomic mass is 16.7. The minimum atomic E-state index is -0.277. The highest BCUT2D eigenvalue weighted by Gasteiger charge is 2.16. The lowest BCUT2D eigenvalue weighted by atomic mass is 10.1. The molecule has 2 aromatic carbocycles. The van der Waals surface area contributed by atoms with Gasteiger partial charge >= 0.3 is 6.01 Å². The third-order valence-corrected chi connectivity index (χ3v) is 4.11. The summed E-state index contributed by atoms with van der Waals surface area (Å²) in [5, 5.41) is 10.5.